The van der Waals surface area contributed by atoms with Crippen molar-refractivity contribution in [2.24, 2.45) is 28.1 Å². The van der Waals surface area contributed by atoms with Gasteiger partial charge in [0.2, 0.25) is 0 Å². The molecule has 146 valence electrons. The minimum atomic E-state index is 0.232. The SMILES string of the molecule is C=C[C@@]1(C)C=C2CCC3[C@](C)(CSc4ccccc4)CCC[C@]3(C)[C@H]2CC1. The first-order valence-electron chi connectivity index (χ1n) is 10.9. The molecule has 3 aliphatic carbocycles. The maximum atomic E-state index is 4.12. The van der Waals surface area contributed by atoms with Gasteiger partial charge < -0.3 is 0 Å². The van der Waals surface area contributed by atoms with E-state index in [0.29, 0.717) is 10.8 Å². The van der Waals surface area contributed by atoms with Crippen LogP contribution in [-0.4, -0.2) is 5.75 Å². The van der Waals surface area contributed by atoms with Crippen LogP contribution in [0.25, 0.3) is 0 Å². The molecule has 0 nitrogen and oxygen atoms in total. The van der Waals surface area contributed by atoms with E-state index in [1.165, 1.54) is 55.6 Å². The molecule has 2 saturated carbocycles. The molecule has 1 aromatic carbocycles. The summed E-state index contributed by atoms with van der Waals surface area (Å²) in [5.74, 6) is 2.95. The second-order valence-electron chi connectivity index (χ2n) is 10.2. The zero-order valence-corrected chi connectivity index (χ0v) is 18.3. The van der Waals surface area contributed by atoms with Crippen molar-refractivity contribution in [3.05, 3.63) is 54.6 Å². The van der Waals surface area contributed by atoms with Crippen molar-refractivity contribution in [3.63, 3.8) is 0 Å². The summed E-state index contributed by atoms with van der Waals surface area (Å²) in [5.41, 5.74) is 2.97. The van der Waals surface area contributed by atoms with Gasteiger partial charge in [0.1, 0.15) is 0 Å². The van der Waals surface area contributed by atoms with Crippen molar-refractivity contribution >= 4 is 11.8 Å². The number of allylic oxidation sites excluding steroid dienone is 3. The number of hydrogen-bond acceptors (Lipinski definition) is 1. The average molecular weight is 381 g/mol. The Kier molecular flexibility index (Phi) is 5.12. The first-order chi connectivity index (χ1) is 12.9. The fourth-order valence-electron chi connectivity index (χ4n) is 6.76. The first-order valence-corrected chi connectivity index (χ1v) is 11.9. The van der Waals surface area contributed by atoms with Gasteiger partial charge >= 0.3 is 0 Å². The van der Waals surface area contributed by atoms with Crippen LogP contribution in [0.15, 0.2) is 59.5 Å². The van der Waals surface area contributed by atoms with Gasteiger partial charge in [-0.3, -0.25) is 0 Å². The van der Waals surface area contributed by atoms with Gasteiger partial charge in [0.05, 0.1) is 0 Å². The molecule has 0 spiro atoms. The van der Waals surface area contributed by atoms with E-state index in [-0.39, 0.29) is 5.41 Å². The van der Waals surface area contributed by atoms with E-state index in [1.54, 1.807) is 5.57 Å². The molecular weight excluding hydrogens is 344 g/mol. The summed E-state index contributed by atoms with van der Waals surface area (Å²) in [7, 11) is 0. The summed E-state index contributed by atoms with van der Waals surface area (Å²) in [4.78, 5) is 1.43. The van der Waals surface area contributed by atoms with Crippen molar-refractivity contribution in [3.8, 4) is 0 Å². The number of thioether (sulfide) groups is 1. The highest BCUT2D eigenvalue weighted by atomic mass is 32.2. The minimum absolute atomic E-state index is 0.232. The molecule has 0 aromatic heterocycles. The molecule has 2 fully saturated rings. The van der Waals surface area contributed by atoms with Crippen LogP contribution >= 0.6 is 11.8 Å². The standard InChI is InChI=1S/C26H36S/c1-5-24(2)17-14-22-20(18-24)12-13-23-25(3,15-9-16-26(22,23)4)19-27-21-10-7-6-8-11-21/h5-8,10-11,18,22-23H,1,9,12-17,19H2,2-4H3/t22-,23?,24+,25-,26+/m0/s1. The number of fused-ring (bicyclic) bond motifs is 3. The van der Waals surface area contributed by atoms with Crippen LogP contribution in [-0.2, 0) is 0 Å². The topological polar surface area (TPSA) is 0 Å². The molecule has 0 bridgehead atoms. The van der Waals surface area contributed by atoms with Gasteiger partial charge in [-0.1, -0.05) is 63.1 Å². The molecule has 0 radical (unpaired) electrons. The molecule has 0 N–H and O–H groups in total. The fraction of sp³-hybridized carbons (Fsp3) is 0.615. The van der Waals surface area contributed by atoms with Crippen LogP contribution in [0.4, 0.5) is 0 Å². The Bertz CT molecular complexity index is 719. The van der Waals surface area contributed by atoms with Crippen molar-refractivity contribution in [2.45, 2.75) is 70.6 Å². The maximum Gasteiger partial charge on any atom is 0.00721 e. The van der Waals surface area contributed by atoms with E-state index in [0.717, 1.165) is 11.8 Å². The average Bonchev–Trinajstić information content (AvgIpc) is 2.67. The van der Waals surface area contributed by atoms with Crippen molar-refractivity contribution in [1.82, 2.24) is 0 Å². The van der Waals surface area contributed by atoms with Gasteiger partial charge in [-0.25, -0.2) is 0 Å². The van der Waals surface area contributed by atoms with Crippen LogP contribution in [0, 0.1) is 28.1 Å². The zero-order chi connectivity index (χ0) is 19.1. The second kappa shape index (κ2) is 7.14. The predicted molar refractivity (Wildman–Crippen MR) is 119 cm³/mol. The van der Waals surface area contributed by atoms with Gasteiger partial charge in [0.15, 0.2) is 0 Å². The van der Waals surface area contributed by atoms with E-state index in [2.05, 4.69) is 81.6 Å². The van der Waals surface area contributed by atoms with Crippen molar-refractivity contribution in [1.29, 1.82) is 0 Å². The molecule has 1 aromatic rings. The molecule has 27 heavy (non-hydrogen) atoms. The van der Waals surface area contributed by atoms with Gasteiger partial charge in [0.25, 0.3) is 0 Å². The molecule has 3 aliphatic rings. The Hall–Kier alpha value is -0.950. The summed E-state index contributed by atoms with van der Waals surface area (Å²) >= 11 is 2.09. The quantitative estimate of drug-likeness (QED) is 0.377. The normalized spacial score (nSPS) is 41.2. The summed E-state index contributed by atoms with van der Waals surface area (Å²) in [6.45, 7) is 11.8. The monoisotopic (exact) mass is 380 g/mol. The number of benzene rings is 1. The second-order valence-corrected chi connectivity index (χ2v) is 11.3. The molecule has 1 unspecified atom stereocenters. The maximum absolute atomic E-state index is 4.12. The van der Waals surface area contributed by atoms with Crippen LogP contribution < -0.4 is 0 Å². The predicted octanol–water partition coefficient (Wildman–Crippen LogP) is 7.91. The first kappa shape index (κ1) is 19.4. The Morgan fingerprint density at radius 3 is 2.59 bits per heavy atom. The fourth-order valence-corrected chi connectivity index (χ4v) is 7.95. The Labute approximate surface area is 170 Å². The van der Waals surface area contributed by atoms with Gasteiger partial charge in [-0.15, -0.1) is 18.3 Å². The Balaban J connectivity index is 1.57. The van der Waals surface area contributed by atoms with E-state index in [9.17, 15) is 0 Å². The molecule has 0 amide bonds. The van der Waals surface area contributed by atoms with Gasteiger partial charge in [-0.05, 0) is 73.3 Å². The van der Waals surface area contributed by atoms with E-state index in [1.807, 2.05) is 0 Å². The number of rotatable bonds is 4. The Morgan fingerprint density at radius 2 is 1.85 bits per heavy atom. The van der Waals surface area contributed by atoms with Gasteiger partial charge in [-0.2, -0.15) is 0 Å². The third-order valence-electron chi connectivity index (χ3n) is 8.33. The molecular formula is C26H36S. The highest BCUT2D eigenvalue weighted by Crippen LogP contribution is 2.64. The molecule has 0 saturated heterocycles. The lowest BCUT2D eigenvalue weighted by molar-refractivity contribution is -0.0564. The van der Waals surface area contributed by atoms with Gasteiger partial charge in [0, 0.05) is 16.1 Å². The lowest BCUT2D eigenvalue weighted by Crippen LogP contribution is -2.52. The third-order valence-corrected chi connectivity index (χ3v) is 9.74. The zero-order valence-electron chi connectivity index (χ0n) is 17.5. The lowest BCUT2D eigenvalue weighted by Gasteiger charge is -2.60. The number of hydrogen-bond donors (Lipinski definition) is 0. The highest BCUT2D eigenvalue weighted by Gasteiger charge is 2.55. The molecule has 0 heterocycles. The van der Waals surface area contributed by atoms with Crippen molar-refractivity contribution < 1.29 is 0 Å². The smallest absolute Gasteiger partial charge is 0.00721 e. The summed E-state index contributed by atoms with van der Waals surface area (Å²) in [5, 5.41) is 0. The Morgan fingerprint density at radius 1 is 1.07 bits per heavy atom. The van der Waals surface area contributed by atoms with Crippen LogP contribution in [0.3, 0.4) is 0 Å². The van der Waals surface area contributed by atoms with Crippen LogP contribution in [0.2, 0.25) is 0 Å². The van der Waals surface area contributed by atoms with Crippen LogP contribution in [0.1, 0.15) is 65.7 Å². The summed E-state index contributed by atoms with van der Waals surface area (Å²) in [6, 6.07) is 11.0. The third kappa shape index (κ3) is 3.46. The molecule has 0 aliphatic heterocycles. The highest BCUT2D eigenvalue weighted by molar-refractivity contribution is 7.99. The van der Waals surface area contributed by atoms with E-state index >= 15 is 0 Å². The summed E-state index contributed by atoms with van der Waals surface area (Å²) in [6.07, 6.45) is 14.4. The van der Waals surface area contributed by atoms with E-state index < -0.39 is 0 Å². The molecule has 5 atom stereocenters. The van der Waals surface area contributed by atoms with E-state index in [4.69, 9.17) is 0 Å². The lowest BCUT2D eigenvalue weighted by atomic mass is 9.45. The minimum Gasteiger partial charge on any atom is -0.126 e. The molecule has 4 rings (SSSR count). The summed E-state index contributed by atoms with van der Waals surface area (Å²) < 4.78 is 0. The molecule has 1 heteroatoms. The van der Waals surface area contributed by atoms with Crippen LogP contribution in [0.5, 0.6) is 0 Å². The van der Waals surface area contributed by atoms with Crippen molar-refractivity contribution in [2.75, 3.05) is 5.75 Å². The largest absolute Gasteiger partial charge is 0.126 e.